The van der Waals surface area contributed by atoms with Crippen molar-refractivity contribution >= 4 is 5.91 Å². The molecule has 0 bridgehead atoms. The maximum atomic E-state index is 11.7. The summed E-state index contributed by atoms with van der Waals surface area (Å²) in [5.41, 5.74) is 5.80. The molecule has 4 heteroatoms. The van der Waals surface area contributed by atoms with Crippen LogP contribution in [-0.4, -0.2) is 54.0 Å². The molecule has 2 unspecified atom stereocenters. The molecule has 2 atom stereocenters. The van der Waals surface area contributed by atoms with Crippen LogP contribution in [0.3, 0.4) is 0 Å². The van der Waals surface area contributed by atoms with Crippen LogP contribution in [0.15, 0.2) is 0 Å². The Morgan fingerprint density at radius 2 is 2.12 bits per heavy atom. The van der Waals surface area contributed by atoms with E-state index in [0.29, 0.717) is 12.5 Å². The Labute approximate surface area is 105 Å². The highest BCUT2D eigenvalue weighted by Gasteiger charge is 2.29. The number of hydrogen-bond donors (Lipinski definition) is 1. The summed E-state index contributed by atoms with van der Waals surface area (Å²) in [7, 11) is 0. The lowest BCUT2D eigenvalue weighted by atomic mass is 10.1. The number of hydrogen-bond acceptors (Lipinski definition) is 3. The Morgan fingerprint density at radius 1 is 1.47 bits per heavy atom. The fraction of sp³-hybridized carbons (Fsp3) is 0.923. The van der Waals surface area contributed by atoms with Gasteiger partial charge in [-0.2, -0.15) is 0 Å². The molecule has 0 radical (unpaired) electrons. The van der Waals surface area contributed by atoms with Gasteiger partial charge in [0.05, 0.1) is 0 Å². The lowest BCUT2D eigenvalue weighted by Crippen LogP contribution is -2.36. The summed E-state index contributed by atoms with van der Waals surface area (Å²) in [4.78, 5) is 16.0. The Hall–Kier alpha value is -0.610. The minimum absolute atomic E-state index is 0.0488. The van der Waals surface area contributed by atoms with Gasteiger partial charge in [-0.25, -0.2) is 0 Å². The Morgan fingerprint density at radius 3 is 2.59 bits per heavy atom. The first-order chi connectivity index (χ1) is 8.08. The molecule has 1 amide bonds. The van der Waals surface area contributed by atoms with Gasteiger partial charge in [0.15, 0.2) is 0 Å². The van der Waals surface area contributed by atoms with Crippen LogP contribution in [0.4, 0.5) is 0 Å². The van der Waals surface area contributed by atoms with Crippen LogP contribution >= 0.6 is 0 Å². The van der Waals surface area contributed by atoms with Crippen molar-refractivity contribution in [3.8, 4) is 0 Å². The van der Waals surface area contributed by atoms with E-state index in [4.69, 9.17) is 5.73 Å². The third-order valence-corrected chi connectivity index (χ3v) is 3.71. The fourth-order valence-electron chi connectivity index (χ4n) is 2.49. The molecule has 0 aromatic heterocycles. The highest BCUT2D eigenvalue weighted by molar-refractivity contribution is 5.79. The molecule has 0 aromatic carbocycles. The van der Waals surface area contributed by atoms with Gasteiger partial charge in [0.25, 0.3) is 0 Å². The topological polar surface area (TPSA) is 49.6 Å². The minimum Gasteiger partial charge on any atom is -0.338 e. The molecule has 0 aliphatic carbocycles. The molecule has 2 N–H and O–H groups in total. The number of likely N-dealkylation sites (tertiary alicyclic amines) is 1. The van der Waals surface area contributed by atoms with Crippen LogP contribution in [0.5, 0.6) is 0 Å². The number of rotatable bonds is 7. The van der Waals surface area contributed by atoms with Gasteiger partial charge in [-0.3, -0.25) is 4.79 Å². The Kier molecular flexibility index (Phi) is 5.92. The maximum Gasteiger partial charge on any atom is 0.224 e. The highest BCUT2D eigenvalue weighted by atomic mass is 16.2. The number of nitrogens with zero attached hydrogens (tertiary/aromatic N) is 2. The average Bonchev–Trinajstić information content (AvgIpc) is 2.64. The van der Waals surface area contributed by atoms with Crippen molar-refractivity contribution in [1.82, 2.24) is 9.80 Å². The number of carbonyl (C=O) groups is 1. The van der Waals surface area contributed by atoms with E-state index >= 15 is 0 Å². The highest BCUT2D eigenvalue weighted by Crippen LogP contribution is 2.16. The largest absolute Gasteiger partial charge is 0.338 e. The Bertz CT molecular complexity index is 241. The molecule has 0 aromatic rings. The van der Waals surface area contributed by atoms with E-state index in [1.807, 2.05) is 4.90 Å². The predicted molar refractivity (Wildman–Crippen MR) is 70.8 cm³/mol. The van der Waals surface area contributed by atoms with Crippen molar-refractivity contribution in [2.24, 2.45) is 5.73 Å². The van der Waals surface area contributed by atoms with Gasteiger partial charge in [0.2, 0.25) is 5.91 Å². The zero-order valence-corrected chi connectivity index (χ0v) is 11.5. The third kappa shape index (κ3) is 4.28. The smallest absolute Gasteiger partial charge is 0.224 e. The number of carbonyl (C=O) groups excluding carboxylic acids is 1. The molecule has 100 valence electrons. The normalized spacial score (nSPS) is 22.5. The molecule has 17 heavy (non-hydrogen) atoms. The van der Waals surface area contributed by atoms with Crippen LogP contribution in [0.1, 0.15) is 40.0 Å². The van der Waals surface area contributed by atoms with Gasteiger partial charge in [0.1, 0.15) is 0 Å². The van der Waals surface area contributed by atoms with Gasteiger partial charge in [-0.1, -0.05) is 13.8 Å². The standard InChI is InChI=1S/C13H27N3O/c1-4-15(5-2)8-6-7-11(3)16-10-12(14)9-13(16)17/h11-12H,4-10,14H2,1-3H3. The van der Waals surface area contributed by atoms with Crippen molar-refractivity contribution in [3.63, 3.8) is 0 Å². The van der Waals surface area contributed by atoms with E-state index in [0.717, 1.165) is 39.0 Å². The quantitative estimate of drug-likeness (QED) is 0.725. The summed E-state index contributed by atoms with van der Waals surface area (Å²) in [5, 5.41) is 0. The molecule has 1 aliphatic heterocycles. The van der Waals surface area contributed by atoms with E-state index in [-0.39, 0.29) is 11.9 Å². The van der Waals surface area contributed by atoms with E-state index in [9.17, 15) is 4.79 Å². The van der Waals surface area contributed by atoms with E-state index in [1.54, 1.807) is 0 Å². The van der Waals surface area contributed by atoms with Gasteiger partial charge in [-0.15, -0.1) is 0 Å². The first-order valence-electron chi connectivity index (χ1n) is 6.85. The van der Waals surface area contributed by atoms with Gasteiger partial charge in [0, 0.05) is 25.0 Å². The van der Waals surface area contributed by atoms with Crippen LogP contribution in [0, 0.1) is 0 Å². The van der Waals surface area contributed by atoms with Gasteiger partial charge in [-0.05, 0) is 39.4 Å². The Balaban J connectivity index is 2.25. The summed E-state index contributed by atoms with van der Waals surface area (Å²) in [6.07, 6.45) is 2.76. The summed E-state index contributed by atoms with van der Waals surface area (Å²) in [6, 6.07) is 0.388. The minimum atomic E-state index is 0.0488. The van der Waals surface area contributed by atoms with E-state index in [2.05, 4.69) is 25.7 Å². The lowest BCUT2D eigenvalue weighted by Gasteiger charge is -2.26. The first-order valence-corrected chi connectivity index (χ1v) is 6.85. The summed E-state index contributed by atoms with van der Waals surface area (Å²) in [6.45, 7) is 10.6. The molecule has 4 nitrogen and oxygen atoms in total. The zero-order chi connectivity index (χ0) is 12.8. The lowest BCUT2D eigenvalue weighted by molar-refractivity contribution is -0.129. The summed E-state index contributed by atoms with van der Waals surface area (Å²) in [5.74, 6) is 0.229. The van der Waals surface area contributed by atoms with Gasteiger partial charge < -0.3 is 15.5 Å². The molecule has 0 spiro atoms. The first kappa shape index (κ1) is 14.5. The number of nitrogens with two attached hydrogens (primary N) is 1. The molecular formula is C13H27N3O. The predicted octanol–water partition coefficient (Wildman–Crippen LogP) is 1.06. The van der Waals surface area contributed by atoms with Crippen molar-refractivity contribution in [2.75, 3.05) is 26.2 Å². The van der Waals surface area contributed by atoms with Crippen LogP contribution in [0.2, 0.25) is 0 Å². The molecule has 1 heterocycles. The second kappa shape index (κ2) is 6.97. The van der Waals surface area contributed by atoms with Crippen molar-refractivity contribution in [1.29, 1.82) is 0 Å². The van der Waals surface area contributed by atoms with Crippen LogP contribution in [0.25, 0.3) is 0 Å². The van der Waals surface area contributed by atoms with E-state index < -0.39 is 0 Å². The molecular weight excluding hydrogens is 214 g/mol. The SMILES string of the molecule is CCN(CC)CCCC(C)N1CC(N)CC1=O. The second-order valence-corrected chi connectivity index (χ2v) is 5.03. The van der Waals surface area contributed by atoms with Crippen molar-refractivity contribution in [2.45, 2.75) is 52.1 Å². The molecule has 0 saturated carbocycles. The second-order valence-electron chi connectivity index (χ2n) is 5.03. The average molecular weight is 241 g/mol. The molecule has 1 fully saturated rings. The fourth-order valence-corrected chi connectivity index (χ4v) is 2.49. The maximum absolute atomic E-state index is 11.7. The van der Waals surface area contributed by atoms with Crippen molar-refractivity contribution in [3.05, 3.63) is 0 Å². The van der Waals surface area contributed by atoms with Crippen LogP contribution < -0.4 is 5.73 Å². The molecule has 1 saturated heterocycles. The van der Waals surface area contributed by atoms with Gasteiger partial charge >= 0.3 is 0 Å². The molecule has 1 aliphatic rings. The number of amides is 1. The van der Waals surface area contributed by atoms with Crippen molar-refractivity contribution < 1.29 is 4.79 Å². The monoisotopic (exact) mass is 241 g/mol. The summed E-state index contributed by atoms with van der Waals surface area (Å²) < 4.78 is 0. The third-order valence-electron chi connectivity index (χ3n) is 3.71. The molecule has 1 rings (SSSR count). The van der Waals surface area contributed by atoms with E-state index in [1.165, 1.54) is 0 Å². The van der Waals surface area contributed by atoms with Crippen LogP contribution in [-0.2, 0) is 4.79 Å². The zero-order valence-electron chi connectivity index (χ0n) is 11.5. The summed E-state index contributed by atoms with van der Waals surface area (Å²) >= 11 is 0.